The Bertz CT molecular complexity index is 823. The van der Waals surface area contributed by atoms with Gasteiger partial charge < -0.3 is 0 Å². The molecule has 3 unspecified atom stereocenters. The van der Waals surface area contributed by atoms with Crippen molar-refractivity contribution in [2.75, 3.05) is 0 Å². The molecular weight excluding hydrogens is 598 g/mol. The van der Waals surface area contributed by atoms with Crippen LogP contribution in [0.3, 0.4) is 0 Å². The van der Waals surface area contributed by atoms with Crippen molar-refractivity contribution in [1.29, 1.82) is 0 Å². The van der Waals surface area contributed by atoms with Gasteiger partial charge in [0.15, 0.2) is 0 Å². The molecule has 3 atom stereocenters. The van der Waals surface area contributed by atoms with Crippen LogP contribution in [0.5, 0.6) is 0 Å². The molecule has 0 amide bonds. The fourth-order valence-electron chi connectivity index (χ4n) is 5.76. The van der Waals surface area contributed by atoms with E-state index in [1.54, 1.807) is 15.5 Å². The fraction of sp³-hybridized carbons (Fsp3) is 0.522. The molecule has 0 fully saturated rings. The zero-order valence-corrected chi connectivity index (χ0v) is 24.6. The summed E-state index contributed by atoms with van der Waals surface area (Å²) in [4.78, 5) is 0. The zero-order chi connectivity index (χ0) is 20.0. The van der Waals surface area contributed by atoms with Crippen molar-refractivity contribution < 1.29 is 19.1 Å². The van der Waals surface area contributed by atoms with Crippen LogP contribution in [0.2, 0.25) is 14.7 Å². The molecule has 0 aromatic carbocycles. The molecule has 0 saturated carbocycles. The monoisotopic (exact) mass is 631 g/mol. The van der Waals surface area contributed by atoms with Gasteiger partial charge in [0.25, 0.3) is 0 Å². The Labute approximate surface area is 184 Å². The van der Waals surface area contributed by atoms with E-state index in [1.807, 2.05) is 0 Å². The average molecular weight is 630 g/mol. The molecule has 27 heavy (non-hydrogen) atoms. The maximum atomic E-state index is 7.15. The third-order valence-electron chi connectivity index (χ3n) is 7.06. The number of rotatable bonds is 4. The van der Waals surface area contributed by atoms with Gasteiger partial charge in [-0.25, -0.2) is 0 Å². The maximum absolute atomic E-state index is 7.15. The minimum atomic E-state index is -2.96. The zero-order valence-electron chi connectivity index (χ0n) is 17.4. The summed E-state index contributed by atoms with van der Waals surface area (Å²) < 4.78 is 1.55. The second-order valence-electron chi connectivity index (χ2n) is 8.57. The number of fused-ring (bicyclic) bond motifs is 1. The van der Waals surface area contributed by atoms with Crippen LogP contribution in [0.1, 0.15) is 47.0 Å². The standard InChI is InChI=1S/C23H31Ge.2ClH.Hf/c1-7-15-23(4)17(3)21-16(2)20(24(5)6)14-10-13-19(21)22(23)18-11-8-9-12-18;;;/h8-11,13-14,16H,7,12,15H2,1-6H3;2*1H;/q;;;+2/p-2. The number of hydrogen-bond acceptors (Lipinski definition) is 0. The van der Waals surface area contributed by atoms with E-state index in [-0.39, 0.29) is 8.59 Å². The molecule has 0 aliphatic heterocycles. The van der Waals surface area contributed by atoms with E-state index >= 15 is 0 Å². The summed E-state index contributed by atoms with van der Waals surface area (Å²) >= 11 is -4.13. The fourth-order valence-corrected chi connectivity index (χ4v) is 21.5. The molecule has 3 rings (SSSR count). The number of halogens is 2. The summed E-state index contributed by atoms with van der Waals surface area (Å²) in [6.07, 6.45) is 17.2. The van der Waals surface area contributed by atoms with Gasteiger partial charge in [0.2, 0.25) is 0 Å². The van der Waals surface area contributed by atoms with Crippen molar-refractivity contribution in [2.24, 2.45) is 11.3 Å². The molecule has 0 saturated heterocycles. The summed E-state index contributed by atoms with van der Waals surface area (Å²) in [5, 5.41) is 0. The first-order chi connectivity index (χ1) is 12.7. The van der Waals surface area contributed by atoms with Crippen LogP contribution in [0.25, 0.3) is 0 Å². The molecule has 0 aromatic rings. The van der Waals surface area contributed by atoms with Gasteiger partial charge in [0.05, 0.1) is 0 Å². The Morgan fingerprint density at radius 1 is 1.22 bits per heavy atom. The Morgan fingerprint density at radius 3 is 2.44 bits per heavy atom. The van der Waals surface area contributed by atoms with Crippen molar-refractivity contribution in [1.82, 2.24) is 0 Å². The van der Waals surface area contributed by atoms with Crippen LogP contribution in [0.4, 0.5) is 0 Å². The van der Waals surface area contributed by atoms with Crippen molar-refractivity contribution in [2.45, 2.75) is 61.6 Å². The van der Waals surface area contributed by atoms with E-state index in [0.717, 1.165) is 19.3 Å². The van der Waals surface area contributed by atoms with Crippen molar-refractivity contribution in [3.8, 4) is 0 Å². The second kappa shape index (κ2) is 8.36. The molecule has 145 valence electrons. The molecule has 4 heteroatoms. The topological polar surface area (TPSA) is 0 Å². The molecule has 0 radical (unpaired) electrons. The Kier molecular flexibility index (Phi) is 6.89. The molecule has 0 spiro atoms. The van der Waals surface area contributed by atoms with Crippen LogP contribution < -0.4 is 0 Å². The predicted molar refractivity (Wildman–Crippen MR) is 121 cm³/mol. The molecule has 0 bridgehead atoms. The first kappa shape index (κ1) is 22.3. The Morgan fingerprint density at radius 2 is 1.93 bits per heavy atom. The van der Waals surface area contributed by atoms with E-state index in [9.17, 15) is 0 Å². The van der Waals surface area contributed by atoms with Crippen LogP contribution in [0.15, 0.2) is 58.7 Å². The van der Waals surface area contributed by atoms with E-state index in [2.05, 4.69) is 75.7 Å². The predicted octanol–water partition coefficient (Wildman–Crippen LogP) is 7.73. The van der Waals surface area contributed by atoms with Crippen LogP contribution in [-0.2, 0) is 19.1 Å². The molecule has 0 heterocycles. The Hall–Kier alpha value is 0.563. The summed E-state index contributed by atoms with van der Waals surface area (Å²) in [5.74, 6) is 5.44. The summed E-state index contributed by atoms with van der Waals surface area (Å²) in [7, 11) is 14.3. The third kappa shape index (κ3) is 3.22. The first-order valence-corrected chi connectivity index (χ1v) is 26.0. The number of allylic oxidation sites excluding steroid dienone is 10. The summed E-state index contributed by atoms with van der Waals surface area (Å²) in [6.45, 7) is 9.58. The second-order valence-corrected chi connectivity index (χ2v) is 26.3. The van der Waals surface area contributed by atoms with Crippen LogP contribution >= 0.6 is 17.2 Å². The Balaban J connectivity index is 2.35. The minimum absolute atomic E-state index is 0.0402. The molecule has 3 aliphatic rings. The SMILES string of the molecule is CCCC1(C)C(C)=C2C(=CC=C[C](=[Ge]([CH3])[CH3])C2C)[C]1(C1=CC=CC1)[Hf]([Cl])[Cl]. The quantitative estimate of drug-likeness (QED) is 0.280. The average Bonchev–Trinajstić information content (AvgIpc) is 3.12. The van der Waals surface area contributed by atoms with E-state index in [4.69, 9.17) is 17.2 Å². The molecular formula is C23H31Cl2GeHf. The van der Waals surface area contributed by atoms with E-state index in [1.165, 1.54) is 11.1 Å². The van der Waals surface area contributed by atoms with E-state index < -0.39 is 33.0 Å². The van der Waals surface area contributed by atoms with Gasteiger partial charge in [-0.1, -0.05) is 0 Å². The van der Waals surface area contributed by atoms with Gasteiger partial charge in [-0.3, -0.25) is 0 Å². The van der Waals surface area contributed by atoms with Gasteiger partial charge in [-0.15, -0.1) is 0 Å². The van der Waals surface area contributed by atoms with Crippen molar-refractivity contribution >= 4 is 35.4 Å². The van der Waals surface area contributed by atoms with Crippen LogP contribution in [0, 0.1) is 11.3 Å². The van der Waals surface area contributed by atoms with Gasteiger partial charge in [0, 0.05) is 0 Å². The van der Waals surface area contributed by atoms with Crippen LogP contribution in [-0.4, -0.2) is 18.3 Å². The molecule has 0 aromatic heterocycles. The van der Waals surface area contributed by atoms with Crippen molar-refractivity contribution in [3.05, 3.63) is 58.7 Å². The van der Waals surface area contributed by atoms with Gasteiger partial charge in [0.1, 0.15) is 0 Å². The number of hydrogen-bond donors (Lipinski definition) is 0. The molecule has 3 aliphatic carbocycles. The summed E-state index contributed by atoms with van der Waals surface area (Å²) in [5.41, 5.74) is 6.10. The summed E-state index contributed by atoms with van der Waals surface area (Å²) in [6, 6.07) is 0. The van der Waals surface area contributed by atoms with Gasteiger partial charge in [-0.05, 0) is 0 Å². The third-order valence-corrected chi connectivity index (χ3v) is 21.5. The van der Waals surface area contributed by atoms with Crippen molar-refractivity contribution in [3.63, 3.8) is 0 Å². The van der Waals surface area contributed by atoms with Gasteiger partial charge in [-0.2, -0.15) is 0 Å². The normalized spacial score (nSPS) is 32.4. The van der Waals surface area contributed by atoms with Gasteiger partial charge >= 0.3 is 186 Å². The molecule has 0 nitrogen and oxygen atoms in total. The van der Waals surface area contributed by atoms with E-state index in [0.29, 0.717) is 5.92 Å². The first-order valence-electron chi connectivity index (χ1n) is 10.1. The molecule has 0 N–H and O–H groups in total.